The molecule has 3 rings (SSSR count). The van der Waals surface area contributed by atoms with Crippen molar-refractivity contribution in [3.05, 3.63) is 59.1 Å². The van der Waals surface area contributed by atoms with Crippen molar-refractivity contribution in [1.29, 1.82) is 0 Å². The van der Waals surface area contributed by atoms with Crippen LogP contribution in [0.4, 0.5) is 5.69 Å². The zero-order valence-electron chi connectivity index (χ0n) is 15.6. The van der Waals surface area contributed by atoms with Gasteiger partial charge in [-0.3, -0.25) is 4.90 Å². The molecule has 1 aliphatic rings. The first kappa shape index (κ1) is 19.9. The molecule has 1 saturated heterocycles. The maximum atomic E-state index is 5.96. The highest BCUT2D eigenvalue weighted by Crippen LogP contribution is 2.17. The van der Waals surface area contributed by atoms with Gasteiger partial charge < -0.3 is 15.4 Å². The van der Waals surface area contributed by atoms with Crippen molar-refractivity contribution < 1.29 is 4.74 Å². The monoisotopic (exact) mass is 403 g/mol. The Morgan fingerprint density at radius 2 is 1.78 bits per heavy atom. The molecule has 144 valence electrons. The number of nitrogens with zero attached hydrogens (tertiary/aromatic N) is 1. The molecule has 0 saturated carbocycles. The highest BCUT2D eigenvalue weighted by atomic mass is 35.5. The number of likely N-dealkylation sites (tertiary alicyclic amines) is 1. The van der Waals surface area contributed by atoms with E-state index < -0.39 is 0 Å². The van der Waals surface area contributed by atoms with Crippen LogP contribution in [0.1, 0.15) is 25.3 Å². The molecule has 1 aliphatic heterocycles. The molecule has 2 aromatic carbocycles. The van der Waals surface area contributed by atoms with Crippen molar-refractivity contribution >= 4 is 34.6 Å². The van der Waals surface area contributed by atoms with Gasteiger partial charge in [0.25, 0.3) is 0 Å². The number of thiocarbonyl (C=S) groups is 1. The van der Waals surface area contributed by atoms with Crippen molar-refractivity contribution in [3.8, 4) is 5.75 Å². The molecule has 0 unspecified atom stereocenters. The van der Waals surface area contributed by atoms with Crippen molar-refractivity contribution in [2.45, 2.75) is 32.4 Å². The van der Waals surface area contributed by atoms with Gasteiger partial charge in [-0.1, -0.05) is 23.7 Å². The van der Waals surface area contributed by atoms with Crippen LogP contribution in [0.25, 0.3) is 0 Å². The number of benzene rings is 2. The van der Waals surface area contributed by atoms with Crippen LogP contribution in [0, 0.1) is 0 Å². The number of rotatable bonds is 6. The molecule has 6 heteroatoms. The van der Waals surface area contributed by atoms with E-state index in [1.165, 1.54) is 5.56 Å². The molecule has 1 heterocycles. The second kappa shape index (κ2) is 9.93. The Labute approximate surface area is 171 Å². The Morgan fingerprint density at radius 1 is 1.11 bits per heavy atom. The quantitative estimate of drug-likeness (QED) is 0.684. The summed E-state index contributed by atoms with van der Waals surface area (Å²) in [5.41, 5.74) is 2.27. The maximum Gasteiger partial charge on any atom is 0.170 e. The summed E-state index contributed by atoms with van der Waals surface area (Å²) in [5, 5.41) is 8.16. The van der Waals surface area contributed by atoms with E-state index in [1.54, 1.807) is 0 Å². The third-order valence-corrected chi connectivity index (χ3v) is 5.14. The average Bonchev–Trinajstić information content (AvgIpc) is 2.67. The van der Waals surface area contributed by atoms with Gasteiger partial charge >= 0.3 is 0 Å². The van der Waals surface area contributed by atoms with Crippen molar-refractivity contribution in [2.24, 2.45) is 0 Å². The number of hydrogen-bond donors (Lipinski definition) is 2. The van der Waals surface area contributed by atoms with Gasteiger partial charge in [0.2, 0.25) is 0 Å². The Morgan fingerprint density at radius 3 is 2.41 bits per heavy atom. The summed E-state index contributed by atoms with van der Waals surface area (Å²) in [6.45, 7) is 5.74. The lowest BCUT2D eigenvalue weighted by atomic mass is 10.0. The fraction of sp³-hybridized carbons (Fsp3) is 0.381. The van der Waals surface area contributed by atoms with E-state index in [2.05, 4.69) is 27.7 Å². The number of ether oxygens (including phenoxy) is 1. The highest BCUT2D eigenvalue weighted by Gasteiger charge is 2.19. The SMILES string of the molecule is CCOc1ccc(NC(=S)NC2CCN(Cc3ccc(Cl)cc3)CC2)cc1. The molecule has 0 aromatic heterocycles. The predicted octanol–water partition coefficient (Wildman–Crippen LogP) is 4.69. The van der Waals surface area contributed by atoms with Gasteiger partial charge in [0, 0.05) is 36.4 Å². The minimum absolute atomic E-state index is 0.411. The summed E-state index contributed by atoms with van der Waals surface area (Å²) in [5.74, 6) is 0.870. The average molecular weight is 404 g/mol. The lowest BCUT2D eigenvalue weighted by Crippen LogP contribution is -2.45. The summed E-state index contributed by atoms with van der Waals surface area (Å²) in [4.78, 5) is 2.48. The van der Waals surface area contributed by atoms with Crippen molar-refractivity contribution in [1.82, 2.24) is 10.2 Å². The van der Waals surface area contributed by atoms with Crippen LogP contribution in [0.15, 0.2) is 48.5 Å². The van der Waals surface area contributed by atoms with Crippen LogP contribution in [-0.2, 0) is 6.54 Å². The van der Waals surface area contributed by atoms with Gasteiger partial charge in [-0.2, -0.15) is 0 Å². The van der Waals surface area contributed by atoms with E-state index in [1.807, 2.05) is 43.3 Å². The topological polar surface area (TPSA) is 36.5 Å². The van der Waals surface area contributed by atoms with Crippen molar-refractivity contribution in [3.63, 3.8) is 0 Å². The molecule has 0 atom stereocenters. The zero-order chi connectivity index (χ0) is 19.1. The minimum atomic E-state index is 0.411. The molecule has 2 aromatic rings. The normalized spacial score (nSPS) is 15.3. The van der Waals surface area contributed by atoms with Gasteiger partial charge in [0.15, 0.2) is 5.11 Å². The van der Waals surface area contributed by atoms with Gasteiger partial charge in [0.1, 0.15) is 5.75 Å². The van der Waals surface area contributed by atoms with E-state index in [9.17, 15) is 0 Å². The molecular formula is C21H26ClN3OS. The second-order valence-electron chi connectivity index (χ2n) is 6.73. The predicted molar refractivity (Wildman–Crippen MR) is 117 cm³/mol. The molecule has 0 aliphatic carbocycles. The summed E-state index contributed by atoms with van der Waals surface area (Å²) in [7, 11) is 0. The third kappa shape index (κ3) is 6.38. The van der Waals surface area contributed by atoms with Crippen LogP contribution >= 0.6 is 23.8 Å². The minimum Gasteiger partial charge on any atom is -0.494 e. The Kier molecular flexibility index (Phi) is 7.33. The van der Waals surface area contributed by atoms with Gasteiger partial charge in [-0.05, 0) is 73.9 Å². The number of halogens is 1. The first-order valence-corrected chi connectivity index (χ1v) is 10.2. The second-order valence-corrected chi connectivity index (χ2v) is 7.58. The molecule has 0 radical (unpaired) electrons. The van der Waals surface area contributed by atoms with E-state index in [0.29, 0.717) is 17.8 Å². The van der Waals surface area contributed by atoms with E-state index in [-0.39, 0.29) is 0 Å². The van der Waals surface area contributed by atoms with E-state index in [0.717, 1.165) is 48.9 Å². The third-order valence-electron chi connectivity index (χ3n) is 4.67. The molecule has 2 N–H and O–H groups in total. The lowest BCUT2D eigenvalue weighted by molar-refractivity contribution is 0.199. The largest absolute Gasteiger partial charge is 0.494 e. The van der Waals surface area contributed by atoms with Crippen LogP contribution in [0.3, 0.4) is 0 Å². The first-order valence-electron chi connectivity index (χ1n) is 9.39. The summed E-state index contributed by atoms with van der Waals surface area (Å²) < 4.78 is 5.46. The number of anilines is 1. The van der Waals surface area contributed by atoms with Gasteiger partial charge in [0.05, 0.1) is 6.61 Å². The zero-order valence-corrected chi connectivity index (χ0v) is 17.2. The van der Waals surface area contributed by atoms with Crippen molar-refractivity contribution in [2.75, 3.05) is 25.0 Å². The molecule has 0 bridgehead atoms. The molecule has 27 heavy (non-hydrogen) atoms. The summed E-state index contributed by atoms with van der Waals surface area (Å²) in [6, 6.07) is 16.4. The lowest BCUT2D eigenvalue weighted by Gasteiger charge is -2.33. The number of piperidine rings is 1. The smallest absolute Gasteiger partial charge is 0.170 e. The molecule has 0 spiro atoms. The summed E-state index contributed by atoms with van der Waals surface area (Å²) >= 11 is 11.4. The van der Waals surface area contributed by atoms with Crippen LogP contribution in [0.2, 0.25) is 5.02 Å². The fourth-order valence-electron chi connectivity index (χ4n) is 3.24. The molecular weight excluding hydrogens is 378 g/mol. The van der Waals surface area contributed by atoms with E-state index >= 15 is 0 Å². The fourth-order valence-corrected chi connectivity index (χ4v) is 3.65. The number of hydrogen-bond acceptors (Lipinski definition) is 3. The van der Waals surface area contributed by atoms with E-state index in [4.69, 9.17) is 28.6 Å². The summed E-state index contributed by atoms with van der Waals surface area (Å²) in [6.07, 6.45) is 2.16. The molecule has 0 amide bonds. The van der Waals surface area contributed by atoms with Gasteiger partial charge in [-0.15, -0.1) is 0 Å². The maximum absolute atomic E-state index is 5.96. The van der Waals surface area contributed by atoms with Crippen LogP contribution in [-0.4, -0.2) is 35.8 Å². The standard InChI is InChI=1S/C21H26ClN3OS/c1-2-26-20-9-7-18(8-10-20)23-21(27)24-19-11-13-25(14-12-19)15-16-3-5-17(22)6-4-16/h3-10,19H,2,11-15H2,1H3,(H2,23,24,27). The van der Waals surface area contributed by atoms with Crippen LogP contribution in [0.5, 0.6) is 5.75 Å². The van der Waals surface area contributed by atoms with Gasteiger partial charge in [-0.25, -0.2) is 0 Å². The van der Waals surface area contributed by atoms with Crippen LogP contribution < -0.4 is 15.4 Å². The Hall–Kier alpha value is -1.82. The highest BCUT2D eigenvalue weighted by molar-refractivity contribution is 7.80. The Balaban J connectivity index is 1.40. The molecule has 4 nitrogen and oxygen atoms in total. The molecule has 1 fully saturated rings. The number of nitrogens with one attached hydrogen (secondary N) is 2. The first-order chi connectivity index (χ1) is 13.1. The Bertz CT molecular complexity index is 728.